The van der Waals surface area contributed by atoms with Crippen molar-refractivity contribution >= 4 is 33.4 Å². The van der Waals surface area contributed by atoms with Crippen molar-refractivity contribution in [2.75, 3.05) is 19.0 Å². The minimum Gasteiger partial charge on any atom is -0.497 e. The number of halogens is 1. The Morgan fingerprint density at radius 3 is 2.50 bits per heavy atom. The Kier molecular flexibility index (Phi) is 6.81. The van der Waals surface area contributed by atoms with E-state index in [-0.39, 0.29) is 18.2 Å². The fourth-order valence-electron chi connectivity index (χ4n) is 2.12. The maximum atomic E-state index is 11.8. The van der Waals surface area contributed by atoms with E-state index in [1.54, 1.807) is 19.2 Å². The number of amides is 2. The fraction of sp³-hybridized carbons (Fsp3) is 0.222. The Labute approximate surface area is 149 Å². The van der Waals surface area contributed by atoms with E-state index in [0.29, 0.717) is 18.7 Å². The zero-order valence-electron chi connectivity index (χ0n) is 13.3. The molecule has 0 spiro atoms. The highest BCUT2D eigenvalue weighted by atomic mass is 79.9. The summed E-state index contributed by atoms with van der Waals surface area (Å²) < 4.78 is 5.96. The molecule has 0 aliphatic rings. The number of hydrogen-bond donors (Lipinski definition) is 2. The molecule has 2 N–H and O–H groups in total. The lowest BCUT2D eigenvalue weighted by Gasteiger charge is -2.07. The minimum absolute atomic E-state index is 0.199. The minimum atomic E-state index is -0.338. The Bertz CT molecular complexity index is 702. The topological polar surface area (TPSA) is 67.4 Å². The van der Waals surface area contributed by atoms with Gasteiger partial charge >= 0.3 is 0 Å². The molecular formula is C18H19BrN2O3. The molecule has 0 unspecified atom stereocenters. The van der Waals surface area contributed by atoms with Crippen LogP contribution in [0.4, 0.5) is 5.69 Å². The van der Waals surface area contributed by atoms with Gasteiger partial charge in [0.1, 0.15) is 12.2 Å². The highest BCUT2D eigenvalue weighted by molar-refractivity contribution is 9.10. The van der Waals surface area contributed by atoms with Gasteiger partial charge in [-0.15, -0.1) is 0 Å². The molecule has 0 saturated carbocycles. The molecule has 2 rings (SSSR count). The molecule has 0 atom stereocenters. The van der Waals surface area contributed by atoms with Crippen molar-refractivity contribution in [1.29, 1.82) is 0 Å². The van der Waals surface area contributed by atoms with E-state index >= 15 is 0 Å². The molecule has 0 radical (unpaired) electrons. The van der Waals surface area contributed by atoms with Crippen molar-refractivity contribution in [2.45, 2.75) is 12.8 Å². The first-order valence-corrected chi connectivity index (χ1v) is 8.31. The molecular weight excluding hydrogens is 372 g/mol. The Morgan fingerprint density at radius 2 is 1.83 bits per heavy atom. The predicted molar refractivity (Wildman–Crippen MR) is 97.1 cm³/mol. The third kappa shape index (κ3) is 6.04. The summed E-state index contributed by atoms with van der Waals surface area (Å²) in [6.45, 7) is 0.481. The van der Waals surface area contributed by atoms with Crippen LogP contribution in [-0.2, 0) is 16.0 Å². The van der Waals surface area contributed by atoms with Crippen LogP contribution in [0.15, 0.2) is 53.0 Å². The highest BCUT2D eigenvalue weighted by Crippen LogP contribution is 2.15. The molecule has 0 aliphatic heterocycles. The van der Waals surface area contributed by atoms with Gasteiger partial charge in [-0.1, -0.05) is 34.1 Å². The van der Waals surface area contributed by atoms with Crippen LogP contribution in [0, 0.1) is 0 Å². The number of methoxy groups -OCH3 is 1. The third-order valence-corrected chi connectivity index (χ3v) is 3.82. The van der Waals surface area contributed by atoms with E-state index in [1.165, 1.54) is 0 Å². The first kappa shape index (κ1) is 18.0. The van der Waals surface area contributed by atoms with Gasteiger partial charge in [0.2, 0.25) is 11.8 Å². The van der Waals surface area contributed by atoms with Gasteiger partial charge in [-0.05, 0) is 42.3 Å². The van der Waals surface area contributed by atoms with E-state index in [1.807, 2.05) is 36.4 Å². The van der Waals surface area contributed by atoms with Crippen LogP contribution < -0.4 is 15.4 Å². The number of rotatable bonds is 7. The predicted octanol–water partition coefficient (Wildman–Crippen LogP) is 3.15. The lowest BCUT2D eigenvalue weighted by molar-refractivity contribution is -0.126. The van der Waals surface area contributed by atoms with E-state index in [2.05, 4.69) is 26.6 Å². The molecule has 0 saturated heterocycles. The lowest BCUT2D eigenvalue weighted by atomic mass is 10.1. The van der Waals surface area contributed by atoms with Crippen molar-refractivity contribution in [3.05, 3.63) is 58.6 Å². The molecule has 2 aromatic carbocycles. The summed E-state index contributed by atoms with van der Waals surface area (Å²) in [5.74, 6) is 0.165. The average molecular weight is 391 g/mol. The van der Waals surface area contributed by atoms with Crippen molar-refractivity contribution < 1.29 is 14.3 Å². The van der Waals surface area contributed by atoms with E-state index in [0.717, 1.165) is 15.8 Å². The number of hydrogen-bond acceptors (Lipinski definition) is 3. The smallest absolute Gasteiger partial charge is 0.233 e. The summed E-state index contributed by atoms with van der Waals surface area (Å²) in [6.07, 6.45) is 0.498. The summed E-state index contributed by atoms with van der Waals surface area (Å²) in [5.41, 5.74) is 1.75. The maximum absolute atomic E-state index is 11.8. The molecule has 0 fully saturated rings. The quantitative estimate of drug-likeness (QED) is 0.713. The zero-order chi connectivity index (χ0) is 17.4. The molecule has 2 aromatic rings. The number of carbonyl (C=O) groups is 2. The van der Waals surface area contributed by atoms with Crippen molar-refractivity contribution in [3.8, 4) is 5.75 Å². The van der Waals surface area contributed by atoms with E-state index < -0.39 is 0 Å². The van der Waals surface area contributed by atoms with Gasteiger partial charge in [0.15, 0.2) is 0 Å². The second kappa shape index (κ2) is 9.08. The summed E-state index contributed by atoms with van der Waals surface area (Å²) in [4.78, 5) is 23.6. The molecule has 6 heteroatoms. The summed E-state index contributed by atoms with van der Waals surface area (Å²) >= 11 is 3.33. The van der Waals surface area contributed by atoms with Gasteiger partial charge in [-0.2, -0.15) is 0 Å². The largest absolute Gasteiger partial charge is 0.497 e. The monoisotopic (exact) mass is 390 g/mol. The number of ether oxygens (including phenoxy) is 1. The van der Waals surface area contributed by atoms with Crippen LogP contribution in [0.3, 0.4) is 0 Å². The SMILES string of the molecule is COc1ccc(CCNC(=O)CC(=O)Nc2cccc(Br)c2)cc1. The molecule has 5 nitrogen and oxygen atoms in total. The summed E-state index contributed by atoms with van der Waals surface area (Å²) in [7, 11) is 1.62. The number of carbonyl (C=O) groups excluding carboxylic acids is 2. The molecule has 126 valence electrons. The van der Waals surface area contributed by atoms with Gasteiger partial charge in [0.05, 0.1) is 7.11 Å². The van der Waals surface area contributed by atoms with Crippen LogP contribution in [0.1, 0.15) is 12.0 Å². The van der Waals surface area contributed by atoms with E-state index in [4.69, 9.17) is 4.74 Å². The second-order valence-corrected chi connectivity index (χ2v) is 6.10. The first-order chi connectivity index (χ1) is 11.6. The summed E-state index contributed by atoms with van der Waals surface area (Å²) in [5, 5.41) is 5.44. The van der Waals surface area contributed by atoms with Crippen LogP contribution in [0.2, 0.25) is 0 Å². The number of anilines is 1. The average Bonchev–Trinajstić information content (AvgIpc) is 2.55. The normalized spacial score (nSPS) is 10.1. The number of benzene rings is 2. The van der Waals surface area contributed by atoms with Crippen LogP contribution in [0.25, 0.3) is 0 Å². The molecule has 0 bridgehead atoms. The van der Waals surface area contributed by atoms with Crippen LogP contribution in [-0.4, -0.2) is 25.5 Å². The van der Waals surface area contributed by atoms with Gasteiger partial charge in [-0.3, -0.25) is 9.59 Å². The van der Waals surface area contributed by atoms with Gasteiger partial charge in [-0.25, -0.2) is 0 Å². The van der Waals surface area contributed by atoms with Gasteiger partial charge in [0, 0.05) is 16.7 Å². The molecule has 0 aromatic heterocycles. The van der Waals surface area contributed by atoms with Gasteiger partial charge in [0.25, 0.3) is 0 Å². The molecule has 0 heterocycles. The second-order valence-electron chi connectivity index (χ2n) is 5.18. The van der Waals surface area contributed by atoms with Crippen molar-refractivity contribution in [1.82, 2.24) is 5.32 Å². The Morgan fingerprint density at radius 1 is 1.08 bits per heavy atom. The van der Waals surface area contributed by atoms with Gasteiger partial charge < -0.3 is 15.4 Å². The standard InChI is InChI=1S/C18H19BrN2O3/c1-24-16-7-5-13(6-8-16)9-10-20-17(22)12-18(23)21-15-4-2-3-14(19)11-15/h2-8,11H,9-10,12H2,1H3,(H,20,22)(H,21,23). The Hall–Kier alpha value is -2.34. The first-order valence-electron chi connectivity index (χ1n) is 7.52. The molecule has 2 amide bonds. The Balaban J connectivity index is 1.71. The molecule has 0 aliphatic carbocycles. The zero-order valence-corrected chi connectivity index (χ0v) is 14.9. The van der Waals surface area contributed by atoms with Crippen molar-refractivity contribution in [3.63, 3.8) is 0 Å². The van der Waals surface area contributed by atoms with Crippen molar-refractivity contribution in [2.24, 2.45) is 0 Å². The number of nitrogens with one attached hydrogen (secondary N) is 2. The van der Waals surface area contributed by atoms with E-state index in [9.17, 15) is 9.59 Å². The summed E-state index contributed by atoms with van der Waals surface area (Å²) in [6, 6.07) is 14.9. The fourth-order valence-corrected chi connectivity index (χ4v) is 2.52. The van der Waals surface area contributed by atoms with Crippen LogP contribution >= 0.6 is 15.9 Å². The van der Waals surface area contributed by atoms with Crippen LogP contribution in [0.5, 0.6) is 5.75 Å². The lowest BCUT2D eigenvalue weighted by Crippen LogP contribution is -2.29. The highest BCUT2D eigenvalue weighted by Gasteiger charge is 2.09. The maximum Gasteiger partial charge on any atom is 0.233 e. The molecule has 24 heavy (non-hydrogen) atoms. The third-order valence-electron chi connectivity index (χ3n) is 3.32.